The van der Waals surface area contributed by atoms with Gasteiger partial charge in [-0.2, -0.15) is 13.2 Å². The number of guanidine groups is 1. The van der Waals surface area contributed by atoms with Crippen LogP contribution in [0, 0.1) is 0 Å². The van der Waals surface area contributed by atoms with E-state index in [1.807, 2.05) is 23.4 Å². The minimum atomic E-state index is -4.31. The van der Waals surface area contributed by atoms with Gasteiger partial charge in [0.1, 0.15) is 12.7 Å². The first-order valence-electron chi connectivity index (χ1n) is 8.88. The number of unbranched alkanes of at least 4 members (excludes halogenated alkanes) is 1. The highest BCUT2D eigenvalue weighted by atomic mass is 127. The molecule has 0 aliphatic heterocycles. The average Bonchev–Trinajstić information content (AvgIpc) is 3.13. The number of benzene rings is 1. The lowest BCUT2D eigenvalue weighted by molar-refractivity contribution is -0.137. The summed E-state index contributed by atoms with van der Waals surface area (Å²) in [6.07, 6.45) is 0.939. The normalized spacial score (nSPS) is 11.8. The fraction of sp³-hybridized carbons (Fsp3) is 0.500. The molecule has 1 N–H and O–H groups in total. The second-order valence-corrected chi connectivity index (χ2v) is 6.19. The Hall–Kier alpha value is -1.85. The fourth-order valence-electron chi connectivity index (χ4n) is 2.55. The molecule has 0 radical (unpaired) electrons. The zero-order valence-corrected chi connectivity index (χ0v) is 18.3. The molecule has 1 aromatic heterocycles. The molecule has 0 bridgehead atoms. The number of hydrogen-bond donors (Lipinski definition) is 1. The molecule has 0 unspecified atom stereocenters. The number of halogens is 4. The molecule has 1 heterocycles. The topological polar surface area (TPSA) is 58.3 Å². The van der Waals surface area contributed by atoms with Gasteiger partial charge in [-0.05, 0) is 37.5 Å². The van der Waals surface area contributed by atoms with Crippen LogP contribution in [0.3, 0.4) is 0 Å². The molecule has 1 aromatic carbocycles. The molecular weight excluding hydrogens is 484 g/mol. The van der Waals surface area contributed by atoms with Crippen LogP contribution >= 0.6 is 24.0 Å². The maximum atomic E-state index is 12.7. The molecule has 0 spiro atoms. The maximum absolute atomic E-state index is 12.7. The van der Waals surface area contributed by atoms with Crippen LogP contribution in [0.15, 0.2) is 41.9 Å². The van der Waals surface area contributed by atoms with E-state index in [0.29, 0.717) is 13.1 Å². The van der Waals surface area contributed by atoms with E-state index in [9.17, 15) is 13.2 Å². The molecule has 2 aromatic rings. The number of aryl methyl sites for hydroxylation is 1. The van der Waals surface area contributed by atoms with E-state index in [2.05, 4.69) is 20.5 Å². The van der Waals surface area contributed by atoms with E-state index in [-0.39, 0.29) is 24.0 Å². The Morgan fingerprint density at radius 1 is 1.14 bits per heavy atom. The van der Waals surface area contributed by atoms with Crippen LogP contribution in [0.5, 0.6) is 0 Å². The van der Waals surface area contributed by atoms with E-state index in [4.69, 9.17) is 0 Å². The Balaban J connectivity index is 0.00000392. The summed E-state index contributed by atoms with van der Waals surface area (Å²) in [6, 6.07) is 5.22. The third-order valence-electron chi connectivity index (χ3n) is 3.95. The lowest BCUT2D eigenvalue weighted by Gasteiger charge is -2.22. The molecule has 156 valence electrons. The highest BCUT2D eigenvalue weighted by Gasteiger charge is 2.29. The summed E-state index contributed by atoms with van der Waals surface area (Å²) in [5.74, 6) is 0.738. The minimum absolute atomic E-state index is 0. The van der Waals surface area contributed by atoms with Crippen molar-refractivity contribution in [2.24, 2.45) is 4.99 Å². The van der Waals surface area contributed by atoms with Crippen molar-refractivity contribution in [3.8, 4) is 0 Å². The van der Waals surface area contributed by atoms with Gasteiger partial charge >= 0.3 is 6.18 Å². The quantitative estimate of drug-likeness (QED) is 0.254. The summed E-state index contributed by atoms with van der Waals surface area (Å²) in [4.78, 5) is 6.50. The van der Waals surface area contributed by atoms with Crippen molar-refractivity contribution in [2.75, 3.05) is 20.1 Å². The third kappa shape index (κ3) is 8.03. The number of aliphatic imine (C=N–C) groups is 1. The SMILES string of the molecule is CCNC(=NCCCCn1cnnc1)N(C)Cc1ccc(C(F)(F)F)cc1.I. The Kier molecular flexibility index (Phi) is 10.3. The molecule has 0 aliphatic carbocycles. The molecule has 2 rings (SSSR count). The molecule has 6 nitrogen and oxygen atoms in total. The van der Waals surface area contributed by atoms with Gasteiger partial charge in [-0.1, -0.05) is 12.1 Å². The zero-order chi connectivity index (χ0) is 19.7. The number of nitrogens with one attached hydrogen (secondary N) is 1. The van der Waals surface area contributed by atoms with Gasteiger partial charge in [-0.3, -0.25) is 4.99 Å². The van der Waals surface area contributed by atoms with Crippen molar-refractivity contribution in [1.29, 1.82) is 0 Å². The number of rotatable bonds is 8. The van der Waals surface area contributed by atoms with Crippen molar-refractivity contribution >= 4 is 29.9 Å². The van der Waals surface area contributed by atoms with Gasteiger partial charge in [0.25, 0.3) is 0 Å². The molecule has 0 saturated heterocycles. The first-order chi connectivity index (χ1) is 12.9. The summed E-state index contributed by atoms with van der Waals surface area (Å²) < 4.78 is 39.9. The number of hydrogen-bond acceptors (Lipinski definition) is 3. The lowest BCUT2D eigenvalue weighted by Crippen LogP contribution is -2.38. The smallest absolute Gasteiger partial charge is 0.357 e. The fourth-order valence-corrected chi connectivity index (χ4v) is 2.55. The van der Waals surface area contributed by atoms with Crippen LogP contribution in [0.1, 0.15) is 30.9 Å². The summed E-state index contributed by atoms with van der Waals surface area (Å²) in [5.41, 5.74) is 0.159. The number of alkyl halides is 3. The Labute approximate surface area is 180 Å². The summed E-state index contributed by atoms with van der Waals surface area (Å²) in [7, 11) is 1.87. The van der Waals surface area contributed by atoms with Crippen LogP contribution in [-0.2, 0) is 19.3 Å². The summed E-state index contributed by atoms with van der Waals surface area (Å²) >= 11 is 0. The van der Waals surface area contributed by atoms with Crippen molar-refractivity contribution < 1.29 is 13.2 Å². The first-order valence-corrected chi connectivity index (χ1v) is 8.88. The van der Waals surface area contributed by atoms with Crippen LogP contribution in [0.2, 0.25) is 0 Å². The van der Waals surface area contributed by atoms with Crippen LogP contribution in [0.25, 0.3) is 0 Å². The van der Waals surface area contributed by atoms with Gasteiger partial charge < -0.3 is 14.8 Å². The largest absolute Gasteiger partial charge is 0.416 e. The number of nitrogens with zero attached hydrogens (tertiary/aromatic N) is 5. The van der Waals surface area contributed by atoms with Gasteiger partial charge in [-0.15, -0.1) is 34.2 Å². The van der Waals surface area contributed by atoms with E-state index in [1.54, 1.807) is 12.7 Å². The van der Waals surface area contributed by atoms with E-state index < -0.39 is 11.7 Å². The summed E-state index contributed by atoms with van der Waals surface area (Å²) in [6.45, 7) is 4.69. The zero-order valence-electron chi connectivity index (χ0n) is 16.0. The molecule has 0 saturated carbocycles. The van der Waals surface area contributed by atoms with E-state index in [0.717, 1.165) is 49.6 Å². The van der Waals surface area contributed by atoms with E-state index >= 15 is 0 Å². The van der Waals surface area contributed by atoms with Gasteiger partial charge in [-0.25, -0.2) is 0 Å². The van der Waals surface area contributed by atoms with Crippen molar-refractivity contribution in [1.82, 2.24) is 25.0 Å². The Morgan fingerprint density at radius 2 is 1.79 bits per heavy atom. The maximum Gasteiger partial charge on any atom is 0.416 e. The minimum Gasteiger partial charge on any atom is -0.357 e. The number of aromatic nitrogens is 3. The summed E-state index contributed by atoms with van der Waals surface area (Å²) in [5, 5.41) is 10.7. The third-order valence-corrected chi connectivity index (χ3v) is 3.95. The van der Waals surface area contributed by atoms with Crippen molar-refractivity contribution in [3.63, 3.8) is 0 Å². The molecule has 10 heteroatoms. The van der Waals surface area contributed by atoms with Crippen LogP contribution in [-0.4, -0.2) is 45.8 Å². The van der Waals surface area contributed by atoms with Crippen molar-refractivity contribution in [3.05, 3.63) is 48.0 Å². The molecule has 0 atom stereocenters. The standard InChI is InChI=1S/C18H25F3N6.HI/c1-3-22-17(23-10-4-5-11-27-13-24-25-14-27)26(2)12-15-6-8-16(9-7-15)18(19,20)21;/h6-9,13-14H,3-5,10-12H2,1-2H3,(H,22,23);1H. The van der Waals surface area contributed by atoms with Gasteiger partial charge in [0.15, 0.2) is 5.96 Å². The van der Waals surface area contributed by atoms with Gasteiger partial charge in [0.2, 0.25) is 0 Å². The second kappa shape index (κ2) is 11.9. The average molecular weight is 510 g/mol. The van der Waals surface area contributed by atoms with Gasteiger partial charge in [0, 0.05) is 33.2 Å². The highest BCUT2D eigenvalue weighted by molar-refractivity contribution is 14.0. The monoisotopic (exact) mass is 510 g/mol. The molecule has 0 amide bonds. The molecule has 28 heavy (non-hydrogen) atoms. The highest BCUT2D eigenvalue weighted by Crippen LogP contribution is 2.29. The van der Waals surface area contributed by atoms with Crippen LogP contribution in [0.4, 0.5) is 13.2 Å². The molecular formula is C18H26F3IN6. The van der Waals surface area contributed by atoms with Gasteiger partial charge in [0.05, 0.1) is 5.56 Å². The predicted molar refractivity (Wildman–Crippen MR) is 114 cm³/mol. The van der Waals surface area contributed by atoms with Crippen LogP contribution < -0.4 is 5.32 Å². The lowest BCUT2D eigenvalue weighted by atomic mass is 10.1. The Morgan fingerprint density at radius 3 is 2.36 bits per heavy atom. The Bertz CT molecular complexity index is 701. The van der Waals surface area contributed by atoms with Crippen molar-refractivity contribution in [2.45, 2.75) is 39.0 Å². The second-order valence-electron chi connectivity index (χ2n) is 6.19. The molecule has 0 aliphatic rings. The molecule has 0 fully saturated rings. The predicted octanol–water partition coefficient (Wildman–Crippen LogP) is 3.79. The first kappa shape index (κ1) is 24.2. The van der Waals surface area contributed by atoms with E-state index in [1.165, 1.54) is 12.1 Å².